The molecule has 0 radical (unpaired) electrons. The second kappa shape index (κ2) is 10.6. The largest absolute Gasteiger partial charge is 0.342 e. The first-order chi connectivity index (χ1) is 14.9. The number of anilines is 2. The van der Waals surface area contributed by atoms with Gasteiger partial charge in [0.25, 0.3) is 0 Å². The third-order valence-electron chi connectivity index (χ3n) is 5.36. The van der Waals surface area contributed by atoms with Gasteiger partial charge in [0.05, 0.1) is 6.42 Å². The van der Waals surface area contributed by atoms with E-state index in [4.69, 9.17) is 0 Å². The monoisotopic (exact) mass is 422 g/mol. The number of carbonyl (C=O) groups excluding carboxylic acids is 3. The van der Waals surface area contributed by atoms with Crippen LogP contribution in [0.2, 0.25) is 0 Å². The molecule has 3 rings (SSSR count). The molecule has 2 aromatic rings. The van der Waals surface area contributed by atoms with Crippen molar-refractivity contribution in [1.29, 1.82) is 0 Å². The van der Waals surface area contributed by atoms with E-state index in [2.05, 4.69) is 16.0 Å². The average Bonchev–Trinajstić information content (AvgIpc) is 2.75. The summed E-state index contributed by atoms with van der Waals surface area (Å²) in [6, 6.07) is 14.8. The average molecular weight is 423 g/mol. The lowest BCUT2D eigenvalue weighted by molar-refractivity contribution is -0.132. The van der Waals surface area contributed by atoms with Crippen LogP contribution in [-0.4, -0.2) is 42.4 Å². The molecular weight excluding hydrogens is 392 g/mol. The summed E-state index contributed by atoms with van der Waals surface area (Å²) in [6.07, 6.45) is 2.24. The van der Waals surface area contributed by atoms with Crippen LogP contribution in [0.4, 0.5) is 16.2 Å². The molecule has 1 atom stereocenters. The van der Waals surface area contributed by atoms with Crippen LogP contribution in [0.15, 0.2) is 48.5 Å². The molecule has 0 aromatic heterocycles. The molecule has 164 valence electrons. The first-order valence-electron chi connectivity index (χ1n) is 10.6. The van der Waals surface area contributed by atoms with Crippen molar-refractivity contribution in [3.8, 4) is 0 Å². The molecule has 0 spiro atoms. The number of nitrogens with one attached hydrogen (secondary N) is 3. The number of amides is 4. The third-order valence-corrected chi connectivity index (χ3v) is 5.36. The summed E-state index contributed by atoms with van der Waals surface area (Å²) in [4.78, 5) is 37.9. The number of likely N-dealkylation sites (tertiary alicyclic amines) is 1. The minimum atomic E-state index is -0.230. The van der Waals surface area contributed by atoms with Crippen molar-refractivity contribution in [3.05, 3.63) is 59.7 Å². The van der Waals surface area contributed by atoms with Crippen LogP contribution < -0.4 is 16.0 Å². The summed E-state index contributed by atoms with van der Waals surface area (Å²) in [5, 5.41) is 8.48. The Morgan fingerprint density at radius 1 is 0.968 bits per heavy atom. The molecular formula is C24H30N4O3. The van der Waals surface area contributed by atoms with Gasteiger partial charge in [-0.1, -0.05) is 29.8 Å². The van der Waals surface area contributed by atoms with E-state index in [-0.39, 0.29) is 23.8 Å². The Bertz CT molecular complexity index is 909. The number of carbonyl (C=O) groups is 3. The highest BCUT2D eigenvalue weighted by Crippen LogP contribution is 2.18. The predicted octanol–water partition coefficient (Wildman–Crippen LogP) is 3.56. The zero-order chi connectivity index (χ0) is 22.2. The van der Waals surface area contributed by atoms with Gasteiger partial charge in [0.2, 0.25) is 11.8 Å². The molecule has 0 saturated carbocycles. The van der Waals surface area contributed by atoms with E-state index in [1.165, 1.54) is 6.92 Å². The van der Waals surface area contributed by atoms with Crippen molar-refractivity contribution in [2.45, 2.75) is 33.1 Å². The third kappa shape index (κ3) is 7.13. The fraction of sp³-hybridized carbons (Fsp3) is 0.375. The smallest absolute Gasteiger partial charge is 0.319 e. The quantitative estimate of drug-likeness (QED) is 0.665. The second-order valence-electron chi connectivity index (χ2n) is 8.10. The molecule has 7 heteroatoms. The first-order valence-corrected chi connectivity index (χ1v) is 10.6. The topological polar surface area (TPSA) is 90.5 Å². The first kappa shape index (κ1) is 22.3. The van der Waals surface area contributed by atoms with Crippen LogP contribution in [0.1, 0.15) is 30.9 Å². The lowest BCUT2D eigenvalue weighted by Gasteiger charge is -2.33. The minimum Gasteiger partial charge on any atom is -0.342 e. The fourth-order valence-electron chi connectivity index (χ4n) is 3.70. The molecule has 7 nitrogen and oxygen atoms in total. The predicted molar refractivity (Wildman–Crippen MR) is 122 cm³/mol. The molecule has 1 unspecified atom stereocenters. The number of nitrogens with zero attached hydrogens (tertiary/aromatic N) is 1. The van der Waals surface area contributed by atoms with Gasteiger partial charge < -0.3 is 20.9 Å². The van der Waals surface area contributed by atoms with E-state index < -0.39 is 0 Å². The maximum Gasteiger partial charge on any atom is 0.319 e. The molecule has 1 aliphatic rings. The number of hydrogen-bond donors (Lipinski definition) is 3. The van der Waals surface area contributed by atoms with Gasteiger partial charge >= 0.3 is 6.03 Å². The molecule has 2 aromatic carbocycles. The Kier molecular flexibility index (Phi) is 7.65. The molecule has 0 bridgehead atoms. The summed E-state index contributed by atoms with van der Waals surface area (Å²) >= 11 is 0. The molecule has 3 N–H and O–H groups in total. The lowest BCUT2D eigenvalue weighted by Crippen LogP contribution is -2.44. The molecule has 0 aliphatic carbocycles. The summed E-state index contributed by atoms with van der Waals surface area (Å²) in [5.74, 6) is 0.203. The van der Waals surface area contributed by atoms with Gasteiger partial charge in [-0.25, -0.2) is 4.79 Å². The van der Waals surface area contributed by atoms with Gasteiger partial charge in [-0.3, -0.25) is 9.59 Å². The SMILES string of the molecule is CC(=O)Nc1ccc(CC(=O)N2CCCC(CNC(=O)Nc3ccc(C)cc3)C2)cc1. The van der Waals surface area contributed by atoms with Crippen LogP contribution in [0.5, 0.6) is 0 Å². The van der Waals surface area contributed by atoms with Gasteiger partial charge in [-0.15, -0.1) is 0 Å². The van der Waals surface area contributed by atoms with Crippen molar-refractivity contribution in [1.82, 2.24) is 10.2 Å². The van der Waals surface area contributed by atoms with E-state index in [1.807, 2.05) is 48.2 Å². The van der Waals surface area contributed by atoms with E-state index >= 15 is 0 Å². The summed E-state index contributed by atoms with van der Waals surface area (Å²) < 4.78 is 0. The van der Waals surface area contributed by atoms with E-state index in [9.17, 15) is 14.4 Å². The van der Waals surface area contributed by atoms with Crippen LogP contribution >= 0.6 is 0 Å². The maximum absolute atomic E-state index is 12.7. The van der Waals surface area contributed by atoms with E-state index in [0.717, 1.165) is 41.9 Å². The van der Waals surface area contributed by atoms with Gasteiger partial charge in [0, 0.05) is 37.9 Å². The Morgan fingerprint density at radius 2 is 1.61 bits per heavy atom. The van der Waals surface area contributed by atoms with Crippen molar-refractivity contribution in [3.63, 3.8) is 0 Å². The Hall–Kier alpha value is -3.35. The van der Waals surface area contributed by atoms with Gasteiger partial charge in [0.15, 0.2) is 0 Å². The zero-order valence-corrected chi connectivity index (χ0v) is 18.1. The van der Waals surface area contributed by atoms with E-state index in [1.54, 1.807) is 12.1 Å². The summed E-state index contributed by atoms with van der Waals surface area (Å²) in [5.41, 5.74) is 3.53. The van der Waals surface area contributed by atoms with Crippen molar-refractivity contribution in [2.75, 3.05) is 30.3 Å². The van der Waals surface area contributed by atoms with Crippen molar-refractivity contribution < 1.29 is 14.4 Å². The highest BCUT2D eigenvalue weighted by atomic mass is 16.2. The van der Waals surface area contributed by atoms with Crippen molar-refractivity contribution >= 4 is 29.2 Å². The van der Waals surface area contributed by atoms with Crippen molar-refractivity contribution in [2.24, 2.45) is 5.92 Å². The zero-order valence-electron chi connectivity index (χ0n) is 18.1. The lowest BCUT2D eigenvalue weighted by atomic mass is 9.97. The highest BCUT2D eigenvalue weighted by molar-refractivity contribution is 5.89. The molecule has 1 aliphatic heterocycles. The van der Waals surface area contributed by atoms with Crippen LogP contribution in [0, 0.1) is 12.8 Å². The Morgan fingerprint density at radius 3 is 2.29 bits per heavy atom. The van der Waals surface area contributed by atoms with Crippen LogP contribution in [0.3, 0.4) is 0 Å². The minimum absolute atomic E-state index is 0.0843. The number of benzene rings is 2. The standard InChI is InChI=1S/C24H30N4O3/c1-17-5-9-22(10-6-17)27-24(31)25-15-20-4-3-13-28(16-20)23(30)14-19-7-11-21(12-8-19)26-18(2)29/h5-12,20H,3-4,13-16H2,1-2H3,(H,26,29)(H2,25,27,31). The molecule has 31 heavy (non-hydrogen) atoms. The van der Waals surface area contributed by atoms with Gasteiger partial charge in [-0.05, 0) is 55.5 Å². The molecule has 1 saturated heterocycles. The Balaban J connectivity index is 1.44. The Labute approximate surface area is 183 Å². The molecule has 4 amide bonds. The van der Waals surface area contributed by atoms with Gasteiger partial charge in [-0.2, -0.15) is 0 Å². The summed E-state index contributed by atoms with van der Waals surface area (Å²) in [7, 11) is 0. The summed E-state index contributed by atoms with van der Waals surface area (Å²) in [6.45, 7) is 5.39. The number of piperidine rings is 1. The fourth-order valence-corrected chi connectivity index (χ4v) is 3.70. The molecule has 1 fully saturated rings. The van der Waals surface area contributed by atoms with E-state index in [0.29, 0.717) is 19.5 Å². The van der Waals surface area contributed by atoms with Crippen LogP contribution in [0.25, 0.3) is 0 Å². The van der Waals surface area contributed by atoms with Crippen LogP contribution in [-0.2, 0) is 16.0 Å². The maximum atomic E-state index is 12.7. The molecule has 1 heterocycles. The number of urea groups is 1. The van der Waals surface area contributed by atoms with Gasteiger partial charge in [0.1, 0.15) is 0 Å². The highest BCUT2D eigenvalue weighted by Gasteiger charge is 2.24. The number of rotatable bonds is 6. The second-order valence-corrected chi connectivity index (χ2v) is 8.10. The number of hydrogen-bond acceptors (Lipinski definition) is 3. The normalized spacial score (nSPS) is 15.8. The number of aryl methyl sites for hydroxylation is 1.